The first-order chi connectivity index (χ1) is 9.72. The van der Waals surface area contributed by atoms with Crippen molar-refractivity contribution < 1.29 is 4.79 Å². The molecule has 3 fully saturated rings. The molecule has 4 heteroatoms. The van der Waals surface area contributed by atoms with Gasteiger partial charge in [-0.3, -0.25) is 10.1 Å². The lowest BCUT2D eigenvalue weighted by Gasteiger charge is -2.33. The van der Waals surface area contributed by atoms with Crippen LogP contribution in [0, 0.1) is 0 Å². The fourth-order valence-electron chi connectivity index (χ4n) is 4.49. The maximum atomic E-state index is 13.1. The smallest absolute Gasteiger partial charge is 0.244 e. The van der Waals surface area contributed by atoms with Crippen LogP contribution in [0.1, 0.15) is 65.2 Å². The van der Waals surface area contributed by atoms with Gasteiger partial charge in [-0.1, -0.05) is 33.1 Å². The number of thioether (sulfide) groups is 1. The summed E-state index contributed by atoms with van der Waals surface area (Å²) in [6, 6.07) is 0.477. The number of nitrogens with zero attached hydrogens (tertiary/aromatic N) is 1. The molecule has 3 rings (SSSR count). The molecule has 0 aromatic rings. The van der Waals surface area contributed by atoms with Gasteiger partial charge < -0.3 is 4.90 Å². The Morgan fingerprint density at radius 1 is 1.25 bits per heavy atom. The molecule has 1 aliphatic heterocycles. The van der Waals surface area contributed by atoms with Gasteiger partial charge in [-0.15, -0.1) is 0 Å². The van der Waals surface area contributed by atoms with Crippen LogP contribution in [0.5, 0.6) is 0 Å². The predicted octanol–water partition coefficient (Wildman–Crippen LogP) is 3.14. The molecule has 1 spiro atoms. The average Bonchev–Trinajstić information content (AvgIpc) is 3.14. The molecule has 3 atom stereocenters. The van der Waals surface area contributed by atoms with E-state index in [0.29, 0.717) is 17.2 Å². The summed E-state index contributed by atoms with van der Waals surface area (Å²) >= 11 is 2.06. The van der Waals surface area contributed by atoms with Gasteiger partial charge in [0.15, 0.2) is 0 Å². The molecule has 0 aromatic heterocycles. The van der Waals surface area contributed by atoms with Gasteiger partial charge in [0, 0.05) is 11.3 Å². The molecular formula is C16H28N2OS. The van der Waals surface area contributed by atoms with Crippen LogP contribution in [-0.4, -0.2) is 39.6 Å². The molecule has 20 heavy (non-hydrogen) atoms. The van der Waals surface area contributed by atoms with Crippen LogP contribution >= 0.6 is 11.8 Å². The number of carbonyl (C=O) groups excluding carboxylic acids is 1. The molecule has 3 aliphatic rings. The zero-order chi connectivity index (χ0) is 14.2. The van der Waals surface area contributed by atoms with Crippen molar-refractivity contribution in [3.05, 3.63) is 0 Å². The Hall–Kier alpha value is -0.220. The Bertz CT molecular complexity index is 367. The fourth-order valence-corrected chi connectivity index (χ4v) is 5.74. The molecule has 3 unspecified atom stereocenters. The van der Waals surface area contributed by atoms with E-state index in [0.717, 1.165) is 19.3 Å². The standard InChI is InChI=1S/C16H28N2OS/c1-3-14-17-16(10-5-6-11-16)15(19)18(14)12-8-7-9-13(12)20-4-2/h12-14,17H,3-11H2,1-2H3. The van der Waals surface area contributed by atoms with E-state index in [4.69, 9.17) is 0 Å². The zero-order valence-corrected chi connectivity index (χ0v) is 13.7. The molecule has 3 nitrogen and oxygen atoms in total. The molecule has 1 saturated heterocycles. The Balaban J connectivity index is 1.81. The van der Waals surface area contributed by atoms with E-state index in [1.54, 1.807) is 0 Å². The van der Waals surface area contributed by atoms with Gasteiger partial charge in [-0.2, -0.15) is 11.8 Å². The van der Waals surface area contributed by atoms with Crippen molar-refractivity contribution in [2.45, 2.75) is 88.2 Å². The molecule has 2 saturated carbocycles. The predicted molar refractivity (Wildman–Crippen MR) is 84.8 cm³/mol. The zero-order valence-electron chi connectivity index (χ0n) is 12.9. The van der Waals surface area contributed by atoms with Crippen molar-refractivity contribution in [2.24, 2.45) is 0 Å². The third-order valence-electron chi connectivity index (χ3n) is 5.42. The molecular weight excluding hydrogens is 268 g/mol. The van der Waals surface area contributed by atoms with E-state index in [9.17, 15) is 4.79 Å². The number of hydrogen-bond acceptors (Lipinski definition) is 3. The Labute approximate surface area is 127 Å². The van der Waals surface area contributed by atoms with Crippen molar-refractivity contribution in [3.63, 3.8) is 0 Å². The minimum atomic E-state index is -0.190. The molecule has 1 amide bonds. The monoisotopic (exact) mass is 296 g/mol. The molecule has 2 aliphatic carbocycles. The summed E-state index contributed by atoms with van der Waals surface area (Å²) in [5.41, 5.74) is -0.190. The highest BCUT2D eigenvalue weighted by Gasteiger charge is 2.54. The van der Waals surface area contributed by atoms with Crippen LogP contribution in [0.25, 0.3) is 0 Å². The van der Waals surface area contributed by atoms with Crippen LogP contribution in [-0.2, 0) is 4.79 Å². The van der Waals surface area contributed by atoms with E-state index in [1.165, 1.54) is 37.9 Å². The van der Waals surface area contributed by atoms with Crippen molar-refractivity contribution in [2.75, 3.05) is 5.75 Å². The lowest BCUT2D eigenvalue weighted by Crippen LogP contribution is -2.47. The van der Waals surface area contributed by atoms with Crippen molar-refractivity contribution in [1.82, 2.24) is 10.2 Å². The van der Waals surface area contributed by atoms with Crippen molar-refractivity contribution >= 4 is 17.7 Å². The van der Waals surface area contributed by atoms with Gasteiger partial charge in [0.2, 0.25) is 5.91 Å². The molecule has 0 aromatic carbocycles. The van der Waals surface area contributed by atoms with Gasteiger partial charge in [0.25, 0.3) is 0 Å². The number of amides is 1. The summed E-state index contributed by atoms with van der Waals surface area (Å²) < 4.78 is 0. The van der Waals surface area contributed by atoms with Gasteiger partial charge in [-0.05, 0) is 37.9 Å². The summed E-state index contributed by atoms with van der Waals surface area (Å²) in [5.74, 6) is 1.59. The van der Waals surface area contributed by atoms with E-state index in [-0.39, 0.29) is 11.7 Å². The van der Waals surface area contributed by atoms with Crippen LogP contribution < -0.4 is 5.32 Å². The van der Waals surface area contributed by atoms with Gasteiger partial charge >= 0.3 is 0 Å². The van der Waals surface area contributed by atoms with Gasteiger partial charge in [0.1, 0.15) is 0 Å². The highest BCUT2D eigenvalue weighted by molar-refractivity contribution is 7.99. The largest absolute Gasteiger partial charge is 0.321 e. The summed E-state index contributed by atoms with van der Waals surface area (Å²) in [4.78, 5) is 15.4. The first kappa shape index (κ1) is 14.7. The molecule has 114 valence electrons. The Kier molecular flexibility index (Phi) is 4.32. The summed E-state index contributed by atoms with van der Waals surface area (Å²) in [6.45, 7) is 4.45. The van der Waals surface area contributed by atoms with Gasteiger partial charge in [0.05, 0.1) is 11.7 Å². The summed E-state index contributed by atoms with van der Waals surface area (Å²) in [6.07, 6.45) is 9.62. The first-order valence-corrected chi connectivity index (χ1v) is 9.49. The van der Waals surface area contributed by atoms with E-state index >= 15 is 0 Å². The summed E-state index contributed by atoms with van der Waals surface area (Å²) in [5, 5.41) is 4.39. The van der Waals surface area contributed by atoms with E-state index in [2.05, 4.69) is 35.8 Å². The second-order valence-corrected chi connectivity index (χ2v) is 8.08. The molecule has 1 heterocycles. The number of rotatable bonds is 4. The third kappa shape index (κ3) is 2.29. The normalized spacial score (nSPS) is 36.4. The second kappa shape index (κ2) is 5.88. The van der Waals surface area contributed by atoms with Crippen molar-refractivity contribution in [1.29, 1.82) is 0 Å². The fraction of sp³-hybridized carbons (Fsp3) is 0.938. The van der Waals surface area contributed by atoms with E-state index in [1.807, 2.05) is 0 Å². The van der Waals surface area contributed by atoms with Crippen LogP contribution in [0.4, 0.5) is 0 Å². The molecule has 0 radical (unpaired) electrons. The lowest BCUT2D eigenvalue weighted by atomic mass is 9.97. The first-order valence-electron chi connectivity index (χ1n) is 8.44. The molecule has 0 bridgehead atoms. The quantitative estimate of drug-likeness (QED) is 0.865. The Morgan fingerprint density at radius 2 is 2.00 bits per heavy atom. The van der Waals surface area contributed by atoms with Crippen LogP contribution in [0.15, 0.2) is 0 Å². The topological polar surface area (TPSA) is 32.3 Å². The number of nitrogens with one attached hydrogen (secondary N) is 1. The average molecular weight is 296 g/mol. The second-order valence-electron chi connectivity index (χ2n) is 6.56. The minimum Gasteiger partial charge on any atom is -0.321 e. The highest BCUT2D eigenvalue weighted by Crippen LogP contribution is 2.42. The molecule has 1 N–H and O–H groups in total. The van der Waals surface area contributed by atoms with Crippen LogP contribution in [0.3, 0.4) is 0 Å². The number of carbonyl (C=O) groups is 1. The highest BCUT2D eigenvalue weighted by atomic mass is 32.2. The minimum absolute atomic E-state index is 0.190. The van der Waals surface area contributed by atoms with Crippen molar-refractivity contribution in [3.8, 4) is 0 Å². The number of hydrogen-bond donors (Lipinski definition) is 1. The Morgan fingerprint density at radius 3 is 2.65 bits per heavy atom. The summed E-state index contributed by atoms with van der Waals surface area (Å²) in [7, 11) is 0. The maximum Gasteiger partial charge on any atom is 0.244 e. The SMILES string of the molecule is CCSC1CCCC1N1C(=O)C2(CCCC2)NC1CC. The maximum absolute atomic E-state index is 13.1. The van der Waals surface area contributed by atoms with E-state index < -0.39 is 0 Å². The third-order valence-corrected chi connectivity index (χ3v) is 6.73. The van der Waals surface area contributed by atoms with Gasteiger partial charge in [-0.25, -0.2) is 0 Å². The van der Waals surface area contributed by atoms with Crippen LogP contribution in [0.2, 0.25) is 0 Å². The lowest BCUT2D eigenvalue weighted by molar-refractivity contribution is -0.135.